The molecule has 0 saturated heterocycles. The number of hydrogen-bond donors (Lipinski definition) is 1. The Kier molecular flexibility index (Phi) is 9.45. The maximum atomic E-state index is 10.8. The normalized spacial score (nSPS) is 10.6. The van der Waals surface area contributed by atoms with Gasteiger partial charge in [0.25, 0.3) is 0 Å². The predicted octanol–water partition coefficient (Wildman–Crippen LogP) is 6.95. The van der Waals surface area contributed by atoms with E-state index in [1.165, 1.54) is 0 Å². The predicted molar refractivity (Wildman–Crippen MR) is 130 cm³/mol. The minimum Gasteiger partial charge on any atom is -0.494 e. The van der Waals surface area contributed by atoms with Crippen LogP contribution in [0.5, 0.6) is 23.0 Å². The number of carboxylic acid groups (broad SMARTS) is 1. The van der Waals surface area contributed by atoms with Crippen molar-refractivity contribution in [3.8, 4) is 23.0 Å². The molecule has 0 aromatic heterocycles. The summed E-state index contributed by atoms with van der Waals surface area (Å²) in [5, 5.41) is 9.58. The van der Waals surface area contributed by atoms with Crippen LogP contribution in [0.15, 0.2) is 66.7 Å². The molecule has 6 heteroatoms. The lowest BCUT2D eigenvalue weighted by atomic mass is 10.1. The van der Waals surface area contributed by atoms with Gasteiger partial charge >= 0.3 is 5.97 Å². The van der Waals surface area contributed by atoms with E-state index in [0.717, 1.165) is 54.1 Å². The van der Waals surface area contributed by atoms with E-state index < -0.39 is 5.97 Å². The fourth-order valence-electron chi connectivity index (χ4n) is 3.36. The first-order valence-corrected chi connectivity index (χ1v) is 11.5. The summed E-state index contributed by atoms with van der Waals surface area (Å²) in [5.74, 6) is 2.23. The lowest BCUT2D eigenvalue weighted by Gasteiger charge is -2.14. The second kappa shape index (κ2) is 12.8. The Labute approximate surface area is 199 Å². The molecule has 1 N–H and O–H groups in total. The molecule has 3 rings (SSSR count). The average molecular weight is 469 g/mol. The van der Waals surface area contributed by atoms with Crippen LogP contribution in [-0.4, -0.2) is 24.3 Å². The number of carboxylic acids is 1. The Morgan fingerprint density at radius 3 is 2.33 bits per heavy atom. The molecule has 0 radical (unpaired) electrons. The molecule has 0 amide bonds. The van der Waals surface area contributed by atoms with Crippen LogP contribution in [0, 0.1) is 0 Å². The van der Waals surface area contributed by atoms with Crippen molar-refractivity contribution in [2.45, 2.75) is 39.0 Å². The zero-order chi connectivity index (χ0) is 23.5. The third-order valence-electron chi connectivity index (χ3n) is 4.92. The van der Waals surface area contributed by atoms with Gasteiger partial charge in [0.15, 0.2) is 0 Å². The topological polar surface area (TPSA) is 65.0 Å². The van der Waals surface area contributed by atoms with Gasteiger partial charge in [-0.05, 0) is 85.0 Å². The van der Waals surface area contributed by atoms with Crippen molar-refractivity contribution in [2.75, 3.05) is 13.2 Å². The molecule has 0 spiro atoms. The van der Waals surface area contributed by atoms with Crippen LogP contribution in [0.2, 0.25) is 5.02 Å². The molecule has 174 valence electrons. The first-order chi connectivity index (χ1) is 16.0. The first-order valence-electron chi connectivity index (χ1n) is 11.2. The maximum Gasteiger partial charge on any atom is 0.307 e. The largest absolute Gasteiger partial charge is 0.494 e. The Morgan fingerprint density at radius 1 is 0.879 bits per heavy atom. The summed E-state index contributed by atoms with van der Waals surface area (Å²) in [4.78, 5) is 10.8. The molecule has 0 saturated carbocycles. The summed E-state index contributed by atoms with van der Waals surface area (Å²) < 4.78 is 17.7. The van der Waals surface area contributed by atoms with Gasteiger partial charge in [0.05, 0.1) is 19.6 Å². The van der Waals surface area contributed by atoms with Gasteiger partial charge < -0.3 is 19.3 Å². The van der Waals surface area contributed by atoms with Gasteiger partial charge in [-0.2, -0.15) is 0 Å². The smallest absolute Gasteiger partial charge is 0.307 e. The molecular weight excluding hydrogens is 440 g/mol. The number of rotatable bonds is 13. The number of carbonyl (C=O) groups is 1. The number of unbranched alkanes of at least 4 members (excludes halogenated alkanes) is 1. The van der Waals surface area contributed by atoms with Crippen LogP contribution < -0.4 is 14.2 Å². The number of hydrogen-bond acceptors (Lipinski definition) is 4. The van der Waals surface area contributed by atoms with E-state index in [0.29, 0.717) is 24.0 Å². The van der Waals surface area contributed by atoms with E-state index in [1.807, 2.05) is 42.5 Å². The number of ether oxygens (including phenoxy) is 3. The van der Waals surface area contributed by atoms with Crippen molar-refractivity contribution >= 4 is 17.6 Å². The van der Waals surface area contributed by atoms with Crippen LogP contribution in [0.3, 0.4) is 0 Å². The summed E-state index contributed by atoms with van der Waals surface area (Å²) in [6.45, 7) is 3.28. The molecular formula is C27H29ClO5. The number of benzene rings is 3. The fourth-order valence-corrected chi connectivity index (χ4v) is 3.49. The van der Waals surface area contributed by atoms with Crippen LogP contribution >= 0.6 is 11.6 Å². The van der Waals surface area contributed by atoms with Crippen LogP contribution in [0.4, 0.5) is 0 Å². The first kappa shape index (κ1) is 24.5. The van der Waals surface area contributed by atoms with E-state index in [2.05, 4.69) is 6.92 Å². The molecule has 0 heterocycles. The summed E-state index contributed by atoms with van der Waals surface area (Å²) in [5.41, 5.74) is 1.85. The Bertz CT molecular complexity index is 1030. The van der Waals surface area contributed by atoms with Crippen molar-refractivity contribution < 1.29 is 24.1 Å². The van der Waals surface area contributed by atoms with E-state index in [9.17, 15) is 4.79 Å². The van der Waals surface area contributed by atoms with Gasteiger partial charge in [-0.15, -0.1) is 0 Å². The standard InChI is InChI=1S/C27H29ClO5/c1-2-6-21-19-25(33-23-11-9-22(28)10-12-23)13-14-26(21)32-16-4-3-15-31-24-8-5-7-20(17-24)18-27(29)30/h5,7-14,17,19H,2-4,6,15-16,18H2,1H3,(H,29,30). The highest BCUT2D eigenvalue weighted by atomic mass is 35.5. The highest BCUT2D eigenvalue weighted by Gasteiger charge is 2.07. The molecule has 0 fully saturated rings. The lowest BCUT2D eigenvalue weighted by molar-refractivity contribution is -0.136. The number of aryl methyl sites for hydroxylation is 1. The minimum absolute atomic E-state index is 0.00530. The molecule has 3 aromatic carbocycles. The van der Waals surface area contributed by atoms with E-state index in [4.69, 9.17) is 30.9 Å². The third kappa shape index (κ3) is 8.35. The molecule has 0 atom stereocenters. The summed E-state index contributed by atoms with van der Waals surface area (Å²) in [6, 6.07) is 20.4. The van der Waals surface area contributed by atoms with Gasteiger partial charge in [0, 0.05) is 5.02 Å². The number of aliphatic carboxylic acids is 1. The zero-order valence-electron chi connectivity index (χ0n) is 18.8. The van der Waals surface area contributed by atoms with Crippen LogP contribution in [-0.2, 0) is 17.6 Å². The van der Waals surface area contributed by atoms with Gasteiger partial charge in [-0.3, -0.25) is 4.79 Å². The molecule has 5 nitrogen and oxygen atoms in total. The molecule has 0 aliphatic heterocycles. The van der Waals surface area contributed by atoms with E-state index in [1.54, 1.807) is 24.3 Å². The van der Waals surface area contributed by atoms with Crippen molar-refractivity contribution in [3.63, 3.8) is 0 Å². The van der Waals surface area contributed by atoms with Crippen LogP contribution in [0.1, 0.15) is 37.3 Å². The second-order valence-electron chi connectivity index (χ2n) is 7.70. The molecule has 0 unspecified atom stereocenters. The molecule has 0 aliphatic rings. The van der Waals surface area contributed by atoms with Crippen molar-refractivity contribution in [3.05, 3.63) is 82.9 Å². The summed E-state index contributed by atoms with van der Waals surface area (Å²) in [7, 11) is 0. The molecule has 0 aliphatic carbocycles. The van der Waals surface area contributed by atoms with E-state index in [-0.39, 0.29) is 6.42 Å². The quantitative estimate of drug-likeness (QED) is 0.275. The zero-order valence-corrected chi connectivity index (χ0v) is 19.5. The van der Waals surface area contributed by atoms with Gasteiger partial charge in [-0.25, -0.2) is 0 Å². The monoisotopic (exact) mass is 468 g/mol. The third-order valence-corrected chi connectivity index (χ3v) is 5.17. The van der Waals surface area contributed by atoms with Crippen molar-refractivity contribution in [2.24, 2.45) is 0 Å². The van der Waals surface area contributed by atoms with E-state index >= 15 is 0 Å². The molecule has 0 bridgehead atoms. The highest BCUT2D eigenvalue weighted by molar-refractivity contribution is 6.30. The number of halogens is 1. The average Bonchev–Trinajstić information content (AvgIpc) is 2.79. The minimum atomic E-state index is -0.851. The maximum absolute atomic E-state index is 10.8. The highest BCUT2D eigenvalue weighted by Crippen LogP contribution is 2.29. The summed E-state index contributed by atoms with van der Waals surface area (Å²) in [6.07, 6.45) is 3.60. The van der Waals surface area contributed by atoms with Crippen molar-refractivity contribution in [1.82, 2.24) is 0 Å². The molecule has 3 aromatic rings. The Hall–Kier alpha value is -3.18. The Morgan fingerprint density at radius 2 is 1.61 bits per heavy atom. The van der Waals surface area contributed by atoms with Crippen LogP contribution in [0.25, 0.3) is 0 Å². The van der Waals surface area contributed by atoms with Crippen molar-refractivity contribution in [1.29, 1.82) is 0 Å². The Balaban J connectivity index is 1.45. The second-order valence-corrected chi connectivity index (χ2v) is 8.13. The molecule has 33 heavy (non-hydrogen) atoms. The lowest BCUT2D eigenvalue weighted by Crippen LogP contribution is -2.05. The SMILES string of the molecule is CCCc1cc(Oc2ccc(Cl)cc2)ccc1OCCCCOc1cccc(CC(=O)O)c1. The van der Waals surface area contributed by atoms with Gasteiger partial charge in [0.2, 0.25) is 0 Å². The van der Waals surface area contributed by atoms with Gasteiger partial charge in [-0.1, -0.05) is 37.1 Å². The summed E-state index contributed by atoms with van der Waals surface area (Å²) >= 11 is 5.94. The van der Waals surface area contributed by atoms with Gasteiger partial charge in [0.1, 0.15) is 23.0 Å². The fraction of sp³-hybridized carbons (Fsp3) is 0.296.